The van der Waals surface area contributed by atoms with Gasteiger partial charge in [-0.25, -0.2) is 0 Å². The van der Waals surface area contributed by atoms with Crippen LogP contribution in [0, 0.1) is 0 Å². The van der Waals surface area contributed by atoms with E-state index in [4.69, 9.17) is 9.84 Å². The second kappa shape index (κ2) is 6.09. The Hall–Kier alpha value is -2.50. The number of carbonyl (C=O) groups is 1. The van der Waals surface area contributed by atoms with E-state index in [0.29, 0.717) is 5.75 Å². The molecule has 0 unspecified atom stereocenters. The van der Waals surface area contributed by atoms with Crippen LogP contribution in [0.15, 0.2) is 42.5 Å². The second-order valence-corrected chi connectivity index (χ2v) is 4.64. The van der Waals surface area contributed by atoms with E-state index in [9.17, 15) is 18.0 Å². The van der Waals surface area contributed by atoms with Gasteiger partial charge in [-0.1, -0.05) is 24.3 Å². The van der Waals surface area contributed by atoms with Crippen LogP contribution in [-0.2, 0) is 17.4 Å². The van der Waals surface area contributed by atoms with Crippen molar-refractivity contribution in [2.45, 2.75) is 12.6 Å². The van der Waals surface area contributed by atoms with Crippen molar-refractivity contribution in [3.05, 3.63) is 53.6 Å². The van der Waals surface area contributed by atoms with Crippen molar-refractivity contribution in [2.24, 2.45) is 0 Å². The first-order valence-corrected chi connectivity index (χ1v) is 6.38. The van der Waals surface area contributed by atoms with Gasteiger partial charge in [0.25, 0.3) is 0 Å². The SMILES string of the molecule is COc1ccc(-c2ccccc2C(F)(F)F)c(CC(=O)O)c1. The molecule has 1 N–H and O–H groups in total. The topological polar surface area (TPSA) is 46.5 Å². The van der Waals surface area contributed by atoms with Crippen molar-refractivity contribution in [1.82, 2.24) is 0 Å². The molecule has 0 amide bonds. The maximum Gasteiger partial charge on any atom is 0.417 e. The van der Waals surface area contributed by atoms with Gasteiger partial charge in [0.15, 0.2) is 0 Å². The molecule has 0 radical (unpaired) electrons. The van der Waals surface area contributed by atoms with Gasteiger partial charge in [-0.2, -0.15) is 13.2 Å². The van der Waals surface area contributed by atoms with Crippen LogP contribution in [0.2, 0.25) is 0 Å². The van der Waals surface area contributed by atoms with E-state index in [-0.39, 0.29) is 16.7 Å². The molecule has 22 heavy (non-hydrogen) atoms. The molecule has 0 aliphatic heterocycles. The number of aliphatic carboxylic acids is 1. The number of hydrogen-bond acceptors (Lipinski definition) is 2. The number of ether oxygens (including phenoxy) is 1. The highest BCUT2D eigenvalue weighted by molar-refractivity contribution is 5.78. The number of benzene rings is 2. The Morgan fingerprint density at radius 1 is 1.14 bits per heavy atom. The van der Waals surface area contributed by atoms with Crippen LogP contribution in [0.3, 0.4) is 0 Å². The van der Waals surface area contributed by atoms with Gasteiger partial charge in [-0.3, -0.25) is 4.79 Å². The molecule has 0 fully saturated rings. The lowest BCUT2D eigenvalue weighted by Gasteiger charge is -2.16. The van der Waals surface area contributed by atoms with E-state index in [0.717, 1.165) is 6.07 Å². The third kappa shape index (κ3) is 3.39. The van der Waals surface area contributed by atoms with Crippen molar-refractivity contribution < 1.29 is 27.8 Å². The van der Waals surface area contributed by atoms with Crippen LogP contribution in [0.5, 0.6) is 5.75 Å². The van der Waals surface area contributed by atoms with E-state index in [2.05, 4.69) is 0 Å². The van der Waals surface area contributed by atoms with Gasteiger partial charge in [-0.05, 0) is 34.9 Å². The Balaban J connectivity index is 2.64. The fraction of sp³-hybridized carbons (Fsp3) is 0.188. The number of alkyl halides is 3. The third-order valence-electron chi connectivity index (χ3n) is 3.18. The van der Waals surface area contributed by atoms with Crippen LogP contribution < -0.4 is 4.74 Å². The molecule has 0 aliphatic rings. The number of halogens is 3. The minimum absolute atomic E-state index is 0.0473. The normalized spacial score (nSPS) is 11.3. The first kappa shape index (κ1) is 15.9. The Morgan fingerprint density at radius 3 is 2.41 bits per heavy atom. The molecule has 6 heteroatoms. The molecule has 0 spiro atoms. The number of methoxy groups -OCH3 is 1. The van der Waals surface area contributed by atoms with Gasteiger partial charge in [0.05, 0.1) is 19.1 Å². The molecule has 0 heterocycles. The van der Waals surface area contributed by atoms with Gasteiger partial charge in [0.2, 0.25) is 0 Å². The number of carboxylic acid groups (broad SMARTS) is 1. The summed E-state index contributed by atoms with van der Waals surface area (Å²) in [4.78, 5) is 11.0. The van der Waals surface area contributed by atoms with E-state index in [1.54, 1.807) is 0 Å². The quantitative estimate of drug-likeness (QED) is 0.928. The number of rotatable bonds is 4. The monoisotopic (exact) mass is 310 g/mol. The van der Waals surface area contributed by atoms with Gasteiger partial charge in [0.1, 0.15) is 5.75 Å². The number of carboxylic acids is 1. The van der Waals surface area contributed by atoms with E-state index < -0.39 is 24.1 Å². The summed E-state index contributed by atoms with van der Waals surface area (Å²) in [6.07, 6.45) is -4.91. The zero-order chi connectivity index (χ0) is 16.3. The standard InChI is InChI=1S/C16H13F3O3/c1-22-11-6-7-12(10(8-11)9-15(20)21)13-4-2-3-5-14(13)16(17,18)19/h2-8H,9H2,1H3,(H,20,21). The maximum absolute atomic E-state index is 13.1. The minimum Gasteiger partial charge on any atom is -0.497 e. The molecule has 3 nitrogen and oxygen atoms in total. The molecule has 2 aromatic rings. The van der Waals surface area contributed by atoms with Crippen LogP contribution in [-0.4, -0.2) is 18.2 Å². The van der Waals surface area contributed by atoms with Crippen LogP contribution in [0.1, 0.15) is 11.1 Å². The Kier molecular flexibility index (Phi) is 4.40. The summed E-state index contributed by atoms with van der Waals surface area (Å²) in [5, 5.41) is 8.97. The lowest BCUT2D eigenvalue weighted by Crippen LogP contribution is -2.09. The number of hydrogen-bond donors (Lipinski definition) is 1. The average molecular weight is 310 g/mol. The molecule has 0 bridgehead atoms. The molecule has 116 valence electrons. The highest BCUT2D eigenvalue weighted by Crippen LogP contribution is 2.38. The van der Waals surface area contributed by atoms with Crippen LogP contribution in [0.4, 0.5) is 13.2 Å². The Labute approximate surface area is 125 Å². The van der Waals surface area contributed by atoms with Crippen molar-refractivity contribution >= 4 is 5.97 Å². The van der Waals surface area contributed by atoms with Crippen LogP contribution >= 0.6 is 0 Å². The summed E-state index contributed by atoms with van der Waals surface area (Å²) in [5.74, 6) is -0.733. The van der Waals surface area contributed by atoms with E-state index in [1.165, 1.54) is 43.5 Å². The van der Waals surface area contributed by atoms with Gasteiger partial charge >= 0.3 is 12.1 Å². The molecule has 0 saturated carbocycles. The molecule has 0 saturated heterocycles. The van der Waals surface area contributed by atoms with Gasteiger partial charge in [-0.15, -0.1) is 0 Å². The zero-order valence-electron chi connectivity index (χ0n) is 11.6. The summed E-state index contributed by atoms with van der Waals surface area (Å²) in [6, 6.07) is 9.48. The highest BCUT2D eigenvalue weighted by atomic mass is 19.4. The molecular formula is C16H13F3O3. The predicted molar refractivity (Wildman–Crippen MR) is 74.8 cm³/mol. The summed E-state index contributed by atoms with van der Waals surface area (Å²) in [6.45, 7) is 0. The van der Waals surface area contributed by atoms with Gasteiger partial charge in [0, 0.05) is 0 Å². The third-order valence-corrected chi connectivity index (χ3v) is 3.18. The van der Waals surface area contributed by atoms with E-state index in [1.807, 2.05) is 0 Å². The summed E-state index contributed by atoms with van der Waals surface area (Å²) < 4.78 is 44.4. The smallest absolute Gasteiger partial charge is 0.417 e. The molecule has 2 rings (SSSR count). The van der Waals surface area contributed by atoms with Crippen molar-refractivity contribution in [3.63, 3.8) is 0 Å². The summed E-state index contributed by atoms with van der Waals surface area (Å²) in [7, 11) is 1.41. The largest absolute Gasteiger partial charge is 0.497 e. The summed E-state index contributed by atoms with van der Waals surface area (Å²) >= 11 is 0. The zero-order valence-corrected chi connectivity index (χ0v) is 11.6. The second-order valence-electron chi connectivity index (χ2n) is 4.64. The maximum atomic E-state index is 13.1. The highest BCUT2D eigenvalue weighted by Gasteiger charge is 2.33. The average Bonchev–Trinajstić information content (AvgIpc) is 2.45. The Morgan fingerprint density at radius 2 is 1.82 bits per heavy atom. The van der Waals surface area contributed by atoms with Crippen molar-refractivity contribution in [2.75, 3.05) is 7.11 Å². The molecule has 0 aromatic heterocycles. The lowest BCUT2D eigenvalue weighted by atomic mass is 9.93. The molecular weight excluding hydrogens is 297 g/mol. The van der Waals surface area contributed by atoms with E-state index >= 15 is 0 Å². The first-order valence-electron chi connectivity index (χ1n) is 6.38. The van der Waals surface area contributed by atoms with Gasteiger partial charge < -0.3 is 9.84 Å². The lowest BCUT2D eigenvalue weighted by molar-refractivity contribution is -0.137. The van der Waals surface area contributed by atoms with Crippen molar-refractivity contribution in [3.8, 4) is 16.9 Å². The fourth-order valence-corrected chi connectivity index (χ4v) is 2.23. The fourth-order valence-electron chi connectivity index (χ4n) is 2.23. The first-order chi connectivity index (χ1) is 10.3. The summed E-state index contributed by atoms with van der Waals surface area (Å²) in [5.41, 5.74) is -0.347. The molecule has 0 aliphatic carbocycles. The van der Waals surface area contributed by atoms with Crippen molar-refractivity contribution in [1.29, 1.82) is 0 Å². The molecule has 0 atom stereocenters. The Bertz CT molecular complexity index is 693. The predicted octanol–water partition coefficient (Wildman–Crippen LogP) is 4.01. The molecule has 2 aromatic carbocycles. The minimum atomic E-state index is -4.52. The van der Waals surface area contributed by atoms with Crippen LogP contribution in [0.25, 0.3) is 11.1 Å².